The molecule has 0 unspecified atom stereocenters. The van der Waals surface area contributed by atoms with Gasteiger partial charge in [-0.15, -0.1) is 0 Å². The molecule has 2 aromatic rings. The first-order valence-corrected chi connectivity index (χ1v) is 6.93. The third kappa shape index (κ3) is 2.51. The second-order valence-corrected chi connectivity index (χ2v) is 4.86. The van der Waals surface area contributed by atoms with Crippen LogP contribution < -0.4 is 5.73 Å². The summed E-state index contributed by atoms with van der Waals surface area (Å²) in [5.41, 5.74) is 7.86. The minimum atomic E-state index is -0.600. The molecule has 116 valence electrons. The molecular formula is C16H14N4O3. The van der Waals surface area contributed by atoms with E-state index in [0.717, 1.165) is 5.56 Å². The summed E-state index contributed by atoms with van der Waals surface area (Å²) >= 11 is 0. The lowest BCUT2D eigenvalue weighted by Crippen LogP contribution is -2.11. The van der Waals surface area contributed by atoms with E-state index in [0.29, 0.717) is 24.7 Å². The number of carbonyl (C=O) groups excluding carboxylic acids is 1. The monoisotopic (exact) mass is 310 g/mol. The van der Waals surface area contributed by atoms with Gasteiger partial charge in [-0.2, -0.15) is 5.26 Å². The minimum absolute atomic E-state index is 0.104. The van der Waals surface area contributed by atoms with Crippen LogP contribution in [-0.4, -0.2) is 36.7 Å². The van der Waals surface area contributed by atoms with Gasteiger partial charge in [-0.05, 0) is 24.3 Å². The molecule has 7 nitrogen and oxygen atoms in total. The Bertz CT molecular complexity index is 828. The van der Waals surface area contributed by atoms with Gasteiger partial charge in [0.05, 0.1) is 24.9 Å². The van der Waals surface area contributed by atoms with Crippen molar-refractivity contribution in [1.29, 1.82) is 5.26 Å². The number of hydrogen-bond acceptors (Lipinski definition) is 6. The van der Waals surface area contributed by atoms with Crippen LogP contribution in [0.15, 0.2) is 35.5 Å². The van der Waals surface area contributed by atoms with Crippen LogP contribution in [0.4, 0.5) is 5.69 Å². The van der Waals surface area contributed by atoms with Crippen molar-refractivity contribution < 1.29 is 14.3 Å². The average molecular weight is 310 g/mol. The number of anilines is 1. The summed E-state index contributed by atoms with van der Waals surface area (Å²) in [5, 5.41) is 9.12. The molecule has 2 heterocycles. The van der Waals surface area contributed by atoms with Gasteiger partial charge >= 0.3 is 5.97 Å². The Morgan fingerprint density at radius 2 is 2.17 bits per heavy atom. The highest BCUT2D eigenvalue weighted by Gasteiger charge is 2.21. The van der Waals surface area contributed by atoms with Crippen LogP contribution >= 0.6 is 0 Å². The Labute approximate surface area is 132 Å². The van der Waals surface area contributed by atoms with Crippen molar-refractivity contribution in [1.82, 2.24) is 4.57 Å². The Balaban J connectivity index is 2.04. The number of rotatable bonds is 3. The number of aliphatic imine (C=N–C) groups is 1. The first-order valence-electron chi connectivity index (χ1n) is 6.93. The molecule has 0 fully saturated rings. The molecule has 1 aliphatic rings. The van der Waals surface area contributed by atoms with Crippen LogP contribution in [0, 0.1) is 11.3 Å². The first kappa shape index (κ1) is 14.7. The number of nitriles is 1. The van der Waals surface area contributed by atoms with E-state index in [1.807, 2.05) is 18.2 Å². The fraction of sp³-hybridized carbons (Fsp3) is 0.188. The maximum Gasteiger partial charge on any atom is 0.357 e. The highest BCUT2D eigenvalue weighted by atomic mass is 16.5. The van der Waals surface area contributed by atoms with E-state index in [1.165, 1.54) is 13.3 Å². The van der Waals surface area contributed by atoms with E-state index < -0.39 is 5.97 Å². The molecule has 7 heteroatoms. The predicted octanol–water partition coefficient (Wildman–Crippen LogP) is 1.49. The molecule has 0 bridgehead atoms. The zero-order valence-electron chi connectivity index (χ0n) is 12.4. The summed E-state index contributed by atoms with van der Waals surface area (Å²) in [7, 11) is 1.27. The summed E-state index contributed by atoms with van der Waals surface area (Å²) in [6.45, 7) is 1.24. The zero-order chi connectivity index (χ0) is 16.4. The van der Waals surface area contributed by atoms with Gasteiger partial charge in [-0.1, -0.05) is 0 Å². The lowest BCUT2D eigenvalue weighted by molar-refractivity contribution is 0.0593. The van der Waals surface area contributed by atoms with Crippen molar-refractivity contribution in [2.75, 3.05) is 26.0 Å². The Hall–Kier alpha value is -3.27. The van der Waals surface area contributed by atoms with Crippen molar-refractivity contribution in [3.63, 3.8) is 0 Å². The van der Waals surface area contributed by atoms with Gasteiger partial charge in [0.15, 0.2) is 5.69 Å². The predicted molar refractivity (Wildman–Crippen MR) is 83.6 cm³/mol. The highest BCUT2D eigenvalue weighted by molar-refractivity contribution is 5.96. The molecule has 0 spiro atoms. The Morgan fingerprint density at radius 3 is 2.74 bits per heavy atom. The normalized spacial score (nSPS) is 13.1. The van der Waals surface area contributed by atoms with Crippen LogP contribution in [0.2, 0.25) is 0 Å². The maximum absolute atomic E-state index is 12.0. The average Bonchev–Trinajstić information content (AvgIpc) is 3.22. The van der Waals surface area contributed by atoms with Crippen molar-refractivity contribution in [2.24, 2.45) is 4.99 Å². The fourth-order valence-electron chi connectivity index (χ4n) is 2.39. The second kappa shape index (κ2) is 5.85. The number of nitrogens with zero attached hydrogens (tertiary/aromatic N) is 3. The van der Waals surface area contributed by atoms with Crippen molar-refractivity contribution in [3.8, 4) is 11.8 Å². The first-order chi connectivity index (χ1) is 11.2. The van der Waals surface area contributed by atoms with Crippen LogP contribution in [0.3, 0.4) is 0 Å². The number of esters is 1. The van der Waals surface area contributed by atoms with Gasteiger partial charge in [0, 0.05) is 17.4 Å². The number of aromatic nitrogens is 1. The molecule has 2 N–H and O–H groups in total. The molecule has 0 radical (unpaired) electrons. The van der Waals surface area contributed by atoms with E-state index in [9.17, 15) is 4.79 Å². The molecule has 0 atom stereocenters. The molecule has 1 aromatic heterocycles. The van der Waals surface area contributed by atoms with E-state index in [-0.39, 0.29) is 16.9 Å². The minimum Gasteiger partial charge on any atom is -0.476 e. The van der Waals surface area contributed by atoms with Gasteiger partial charge in [-0.3, -0.25) is 0 Å². The second-order valence-electron chi connectivity index (χ2n) is 4.86. The lowest BCUT2D eigenvalue weighted by Gasteiger charge is -2.09. The van der Waals surface area contributed by atoms with Crippen LogP contribution in [0.1, 0.15) is 21.6 Å². The Morgan fingerprint density at radius 1 is 1.43 bits per heavy atom. The highest BCUT2D eigenvalue weighted by Crippen LogP contribution is 2.25. The van der Waals surface area contributed by atoms with Gasteiger partial charge < -0.3 is 19.8 Å². The van der Waals surface area contributed by atoms with Gasteiger partial charge in [0.25, 0.3) is 0 Å². The summed E-state index contributed by atoms with van der Waals surface area (Å²) in [4.78, 5) is 16.2. The molecule has 3 rings (SSSR count). The third-order valence-corrected chi connectivity index (χ3v) is 3.52. The summed E-state index contributed by atoms with van der Waals surface area (Å²) in [6, 6.07) is 9.24. The van der Waals surface area contributed by atoms with E-state index in [1.54, 1.807) is 16.7 Å². The van der Waals surface area contributed by atoms with Crippen LogP contribution in [-0.2, 0) is 9.47 Å². The quantitative estimate of drug-likeness (QED) is 0.865. The zero-order valence-corrected chi connectivity index (χ0v) is 12.4. The number of methoxy groups -OCH3 is 1. The van der Waals surface area contributed by atoms with Crippen LogP contribution in [0.5, 0.6) is 0 Å². The number of ether oxygens (including phenoxy) is 2. The molecule has 23 heavy (non-hydrogen) atoms. The van der Waals surface area contributed by atoms with Gasteiger partial charge in [0.1, 0.15) is 12.7 Å². The number of nitrogens with two attached hydrogens (primary N) is 1. The van der Waals surface area contributed by atoms with Crippen LogP contribution in [0.25, 0.3) is 5.69 Å². The van der Waals surface area contributed by atoms with E-state index in [2.05, 4.69) is 4.99 Å². The lowest BCUT2D eigenvalue weighted by atomic mass is 10.2. The number of carbonyl (C=O) groups is 1. The molecular weight excluding hydrogens is 296 g/mol. The maximum atomic E-state index is 12.0. The largest absolute Gasteiger partial charge is 0.476 e. The van der Waals surface area contributed by atoms with E-state index >= 15 is 0 Å². The molecule has 0 aliphatic carbocycles. The summed E-state index contributed by atoms with van der Waals surface area (Å²) in [5.74, 6) is 0.00560. The topological polar surface area (TPSA) is 103 Å². The SMILES string of the molecule is COC(=O)c1c(N)c(C#N)cn1-c1ccc(C2=NCCO2)cc1. The Kier molecular flexibility index (Phi) is 3.73. The van der Waals surface area contributed by atoms with Crippen molar-refractivity contribution in [3.05, 3.63) is 47.3 Å². The number of nitrogen functional groups attached to an aromatic ring is 1. The molecule has 0 saturated carbocycles. The van der Waals surface area contributed by atoms with Gasteiger partial charge in [-0.25, -0.2) is 9.79 Å². The molecule has 1 aliphatic heterocycles. The number of benzene rings is 1. The molecule has 1 aromatic carbocycles. The van der Waals surface area contributed by atoms with Crippen molar-refractivity contribution in [2.45, 2.75) is 0 Å². The summed E-state index contributed by atoms with van der Waals surface area (Å²) < 4.78 is 11.7. The smallest absolute Gasteiger partial charge is 0.357 e. The number of hydrogen-bond donors (Lipinski definition) is 1. The molecule has 0 amide bonds. The van der Waals surface area contributed by atoms with E-state index in [4.69, 9.17) is 20.5 Å². The fourth-order valence-corrected chi connectivity index (χ4v) is 2.39. The molecule has 0 saturated heterocycles. The standard InChI is InChI=1S/C16H14N4O3/c1-22-16(21)14-13(18)11(8-17)9-20(14)12-4-2-10(3-5-12)15-19-6-7-23-15/h2-5,9H,6-7,18H2,1H3. The van der Waals surface area contributed by atoms with Gasteiger partial charge in [0.2, 0.25) is 5.90 Å². The van der Waals surface area contributed by atoms with Crippen molar-refractivity contribution >= 4 is 17.6 Å². The third-order valence-electron chi connectivity index (χ3n) is 3.52. The summed E-state index contributed by atoms with van der Waals surface area (Å²) in [6.07, 6.45) is 1.51.